The molecule has 1 aliphatic rings. The summed E-state index contributed by atoms with van der Waals surface area (Å²) in [5.41, 5.74) is 6.08. The van der Waals surface area contributed by atoms with Crippen molar-refractivity contribution in [3.05, 3.63) is 29.6 Å². The van der Waals surface area contributed by atoms with Gasteiger partial charge in [0, 0.05) is 23.8 Å². The van der Waals surface area contributed by atoms with E-state index in [1.165, 1.54) is 24.6 Å². The van der Waals surface area contributed by atoms with Gasteiger partial charge < -0.3 is 15.7 Å². The predicted molar refractivity (Wildman–Crippen MR) is 75.8 cm³/mol. The SMILES string of the molecule is Nc1cc(F)cc(C(=O)N(CCO)C2CCCCC2)c1. The van der Waals surface area contributed by atoms with Crippen LogP contribution < -0.4 is 5.73 Å². The minimum Gasteiger partial charge on any atom is -0.399 e. The van der Waals surface area contributed by atoms with Crippen LogP contribution in [0.15, 0.2) is 18.2 Å². The second kappa shape index (κ2) is 6.70. The Hall–Kier alpha value is -1.62. The lowest BCUT2D eigenvalue weighted by atomic mass is 9.93. The lowest BCUT2D eigenvalue weighted by Crippen LogP contribution is -2.43. The largest absolute Gasteiger partial charge is 0.399 e. The second-order valence-electron chi connectivity index (χ2n) is 5.29. The quantitative estimate of drug-likeness (QED) is 0.831. The molecule has 0 bridgehead atoms. The zero-order valence-corrected chi connectivity index (χ0v) is 11.5. The molecular formula is C15H21FN2O2. The molecule has 110 valence electrons. The van der Waals surface area contributed by atoms with Crippen LogP contribution in [0.5, 0.6) is 0 Å². The van der Waals surface area contributed by atoms with Gasteiger partial charge in [0.2, 0.25) is 0 Å². The molecule has 0 unspecified atom stereocenters. The minimum absolute atomic E-state index is 0.0902. The van der Waals surface area contributed by atoms with Gasteiger partial charge in [-0.05, 0) is 31.0 Å². The van der Waals surface area contributed by atoms with Crippen molar-refractivity contribution >= 4 is 11.6 Å². The number of rotatable bonds is 4. The molecule has 0 spiro atoms. The van der Waals surface area contributed by atoms with Gasteiger partial charge in [0.25, 0.3) is 5.91 Å². The summed E-state index contributed by atoms with van der Waals surface area (Å²) in [5.74, 6) is -0.766. The van der Waals surface area contributed by atoms with E-state index in [2.05, 4.69) is 0 Å². The first-order valence-electron chi connectivity index (χ1n) is 7.09. The summed E-state index contributed by atoms with van der Waals surface area (Å²) in [6.45, 7) is 0.187. The molecule has 1 aromatic rings. The molecule has 1 saturated carbocycles. The predicted octanol–water partition coefficient (Wildman–Crippen LogP) is 2.18. The summed E-state index contributed by atoms with van der Waals surface area (Å²) in [6.07, 6.45) is 5.24. The molecule has 0 radical (unpaired) electrons. The molecule has 1 aliphatic carbocycles. The van der Waals surface area contributed by atoms with Crippen molar-refractivity contribution in [3.8, 4) is 0 Å². The number of nitrogen functional groups attached to an aromatic ring is 1. The van der Waals surface area contributed by atoms with Gasteiger partial charge in [-0.15, -0.1) is 0 Å². The van der Waals surface area contributed by atoms with Crippen LogP contribution in [-0.2, 0) is 0 Å². The number of carbonyl (C=O) groups is 1. The van der Waals surface area contributed by atoms with E-state index < -0.39 is 5.82 Å². The summed E-state index contributed by atoms with van der Waals surface area (Å²) in [6, 6.07) is 4.01. The minimum atomic E-state index is -0.513. The monoisotopic (exact) mass is 280 g/mol. The Morgan fingerprint density at radius 2 is 2.00 bits per heavy atom. The van der Waals surface area contributed by atoms with Crippen LogP contribution in [0.3, 0.4) is 0 Å². The molecule has 0 saturated heterocycles. The van der Waals surface area contributed by atoms with E-state index in [1.54, 1.807) is 4.90 Å². The van der Waals surface area contributed by atoms with Crippen LogP contribution >= 0.6 is 0 Å². The van der Waals surface area contributed by atoms with Crippen molar-refractivity contribution < 1.29 is 14.3 Å². The van der Waals surface area contributed by atoms with E-state index in [4.69, 9.17) is 5.73 Å². The molecule has 0 aromatic heterocycles. The molecule has 3 N–H and O–H groups in total. The number of halogens is 1. The summed E-state index contributed by atoms with van der Waals surface area (Å²) in [7, 11) is 0. The summed E-state index contributed by atoms with van der Waals surface area (Å²) < 4.78 is 13.4. The van der Waals surface area contributed by atoms with Gasteiger partial charge in [-0.1, -0.05) is 19.3 Å². The topological polar surface area (TPSA) is 66.6 Å². The van der Waals surface area contributed by atoms with Gasteiger partial charge in [0.05, 0.1) is 6.61 Å². The summed E-state index contributed by atoms with van der Waals surface area (Å²) >= 11 is 0. The fourth-order valence-corrected chi connectivity index (χ4v) is 2.85. The van der Waals surface area contributed by atoms with Crippen LogP contribution in [0.4, 0.5) is 10.1 Å². The molecule has 0 heterocycles. The average molecular weight is 280 g/mol. The normalized spacial score (nSPS) is 16.1. The standard InChI is InChI=1S/C15H21FN2O2/c16-12-8-11(9-13(17)10-12)15(20)18(6-7-19)14-4-2-1-3-5-14/h8-10,14,19H,1-7,17H2. The smallest absolute Gasteiger partial charge is 0.254 e. The third-order valence-corrected chi connectivity index (χ3v) is 3.78. The van der Waals surface area contributed by atoms with Crippen LogP contribution in [-0.4, -0.2) is 35.1 Å². The molecule has 4 nitrogen and oxygen atoms in total. The maximum Gasteiger partial charge on any atom is 0.254 e. The van der Waals surface area contributed by atoms with E-state index in [9.17, 15) is 14.3 Å². The molecule has 1 amide bonds. The number of carbonyl (C=O) groups excluding carboxylic acids is 1. The van der Waals surface area contributed by atoms with Crippen molar-refractivity contribution in [2.75, 3.05) is 18.9 Å². The zero-order valence-electron chi connectivity index (χ0n) is 11.5. The van der Waals surface area contributed by atoms with Crippen LogP contribution in [0.2, 0.25) is 0 Å². The van der Waals surface area contributed by atoms with Crippen LogP contribution in [0, 0.1) is 5.82 Å². The molecule has 2 rings (SSSR count). The molecule has 0 atom stereocenters. The second-order valence-corrected chi connectivity index (χ2v) is 5.29. The Kier molecular flexibility index (Phi) is 4.95. The third kappa shape index (κ3) is 3.48. The average Bonchev–Trinajstić information content (AvgIpc) is 2.44. The molecule has 20 heavy (non-hydrogen) atoms. The Bertz CT molecular complexity index is 453. The highest BCUT2D eigenvalue weighted by Crippen LogP contribution is 2.24. The number of aliphatic hydroxyl groups is 1. The van der Waals surface area contributed by atoms with E-state index in [0.717, 1.165) is 25.7 Å². The van der Waals surface area contributed by atoms with E-state index >= 15 is 0 Å². The Labute approximate surface area is 118 Å². The number of amides is 1. The molecule has 5 heteroatoms. The maximum atomic E-state index is 13.4. The Balaban J connectivity index is 2.20. The molecule has 1 fully saturated rings. The van der Waals surface area contributed by atoms with Gasteiger partial charge in [0.15, 0.2) is 0 Å². The van der Waals surface area contributed by atoms with E-state index in [0.29, 0.717) is 0 Å². The van der Waals surface area contributed by atoms with Gasteiger partial charge >= 0.3 is 0 Å². The lowest BCUT2D eigenvalue weighted by molar-refractivity contribution is 0.0585. The fraction of sp³-hybridized carbons (Fsp3) is 0.533. The highest BCUT2D eigenvalue weighted by Gasteiger charge is 2.26. The van der Waals surface area contributed by atoms with Crippen LogP contribution in [0.1, 0.15) is 42.5 Å². The van der Waals surface area contributed by atoms with Crippen molar-refractivity contribution in [1.29, 1.82) is 0 Å². The first kappa shape index (κ1) is 14.8. The van der Waals surface area contributed by atoms with Gasteiger partial charge in [-0.25, -0.2) is 4.39 Å². The molecule has 0 aliphatic heterocycles. The summed E-state index contributed by atoms with van der Waals surface area (Å²) in [4.78, 5) is 14.2. The van der Waals surface area contributed by atoms with Crippen molar-refractivity contribution in [3.63, 3.8) is 0 Å². The number of nitrogens with zero attached hydrogens (tertiary/aromatic N) is 1. The lowest BCUT2D eigenvalue weighted by Gasteiger charge is -2.34. The number of benzene rings is 1. The van der Waals surface area contributed by atoms with Crippen molar-refractivity contribution in [2.24, 2.45) is 0 Å². The van der Waals surface area contributed by atoms with E-state index in [-0.39, 0.29) is 36.4 Å². The maximum absolute atomic E-state index is 13.4. The number of nitrogens with two attached hydrogens (primary N) is 1. The number of aliphatic hydroxyl groups excluding tert-OH is 1. The van der Waals surface area contributed by atoms with Gasteiger partial charge in [0.1, 0.15) is 5.82 Å². The Morgan fingerprint density at radius 1 is 1.30 bits per heavy atom. The first-order chi connectivity index (χ1) is 9.61. The van der Waals surface area contributed by atoms with Crippen LogP contribution in [0.25, 0.3) is 0 Å². The van der Waals surface area contributed by atoms with E-state index in [1.807, 2.05) is 0 Å². The Morgan fingerprint density at radius 3 is 2.60 bits per heavy atom. The number of hydrogen-bond donors (Lipinski definition) is 2. The fourth-order valence-electron chi connectivity index (χ4n) is 2.85. The first-order valence-corrected chi connectivity index (χ1v) is 7.09. The van der Waals surface area contributed by atoms with Gasteiger partial charge in [-0.3, -0.25) is 4.79 Å². The van der Waals surface area contributed by atoms with Gasteiger partial charge in [-0.2, -0.15) is 0 Å². The van der Waals surface area contributed by atoms with Crippen molar-refractivity contribution in [1.82, 2.24) is 4.90 Å². The number of anilines is 1. The molecule has 1 aromatic carbocycles. The zero-order chi connectivity index (χ0) is 14.5. The highest BCUT2D eigenvalue weighted by atomic mass is 19.1. The third-order valence-electron chi connectivity index (χ3n) is 3.78. The van der Waals surface area contributed by atoms with Crippen molar-refractivity contribution in [2.45, 2.75) is 38.1 Å². The molecular weight excluding hydrogens is 259 g/mol. The highest BCUT2D eigenvalue weighted by molar-refractivity contribution is 5.95. The summed E-state index contributed by atoms with van der Waals surface area (Å²) in [5, 5.41) is 9.18. The number of hydrogen-bond acceptors (Lipinski definition) is 3.